The third kappa shape index (κ3) is 23.8. The summed E-state index contributed by atoms with van der Waals surface area (Å²) in [6.45, 7) is 6.54. The highest BCUT2D eigenvalue weighted by Crippen LogP contribution is 2.66. The second-order valence-electron chi connectivity index (χ2n) is 17.0. The van der Waals surface area contributed by atoms with E-state index in [1.807, 2.05) is 0 Å². The van der Waals surface area contributed by atoms with Crippen molar-refractivity contribution in [2.75, 3.05) is 65.1 Å². The number of nitrogen functional groups attached to an aromatic ring is 1. The number of phosphoric acid groups is 3. The highest BCUT2D eigenvalue weighted by molar-refractivity contribution is 7.66. The summed E-state index contributed by atoms with van der Waals surface area (Å²) in [5, 5.41) is 14.6. The van der Waals surface area contributed by atoms with Gasteiger partial charge in [-0.2, -0.15) is 13.6 Å². The maximum absolute atomic E-state index is 13.5. The van der Waals surface area contributed by atoms with Gasteiger partial charge in [0.1, 0.15) is 43.8 Å². The topological polar surface area (TPSA) is 457 Å². The summed E-state index contributed by atoms with van der Waals surface area (Å²) in [5.41, 5.74) is 25.8. The maximum atomic E-state index is 13.5. The van der Waals surface area contributed by atoms with Crippen LogP contribution in [0, 0.1) is 25.7 Å². The third-order valence-corrected chi connectivity index (χ3v) is 14.6. The number of aromatic nitrogens is 3. The highest BCUT2D eigenvalue weighted by atomic mass is 31.3. The van der Waals surface area contributed by atoms with Gasteiger partial charge in [0.25, 0.3) is 5.91 Å². The van der Waals surface area contributed by atoms with E-state index in [4.69, 9.17) is 50.3 Å². The van der Waals surface area contributed by atoms with Gasteiger partial charge >= 0.3 is 36.6 Å². The predicted molar refractivity (Wildman–Crippen MR) is 285 cm³/mol. The van der Waals surface area contributed by atoms with Gasteiger partial charge in [-0.15, -0.1) is 0 Å². The number of allylic oxidation sites excluding steroid dienone is 4. The number of anilines is 1. The second-order valence-corrected chi connectivity index (χ2v) is 21.5. The molecule has 1 aromatic carbocycles. The molecule has 444 valence electrons. The lowest BCUT2D eigenvalue weighted by atomic mass is 10.1. The largest absolute Gasteiger partial charge is 0.677 e. The highest BCUT2D eigenvalue weighted by Gasteiger charge is 2.44. The Balaban J connectivity index is 1.15. The van der Waals surface area contributed by atoms with Crippen molar-refractivity contribution >= 4 is 60.5 Å². The van der Waals surface area contributed by atoms with Crippen LogP contribution in [0.2, 0.25) is 0 Å². The number of benzene rings is 1. The summed E-state index contributed by atoms with van der Waals surface area (Å²) >= 11 is 0. The summed E-state index contributed by atoms with van der Waals surface area (Å²) in [6.07, 6.45) is 1.54. The van der Waals surface area contributed by atoms with E-state index in [1.165, 1.54) is 12.1 Å². The molecule has 0 spiro atoms. The summed E-state index contributed by atoms with van der Waals surface area (Å²) < 4.78 is 104. The van der Waals surface area contributed by atoms with Crippen LogP contribution in [0.5, 0.6) is 5.75 Å². The number of nitrogens with zero attached hydrogens (tertiary/aromatic N) is 9. The number of nitrogens with two attached hydrogens (primary N) is 1. The molecule has 3 amide bonds. The van der Waals surface area contributed by atoms with Crippen molar-refractivity contribution in [3.63, 3.8) is 0 Å². The molecular weight excluding hydrogens is 1160 g/mol. The smallest absolute Gasteiger partial charge is 0.491 e. The van der Waals surface area contributed by atoms with E-state index in [2.05, 4.69) is 72.6 Å². The minimum Gasteiger partial charge on any atom is -0.491 e. The minimum absolute atomic E-state index is 0.0271. The Bertz CT molecular complexity index is 3210. The Morgan fingerprint density at radius 2 is 1.78 bits per heavy atom. The van der Waals surface area contributed by atoms with Gasteiger partial charge in [0.05, 0.1) is 38.0 Å². The van der Waals surface area contributed by atoms with Gasteiger partial charge in [0.15, 0.2) is 6.23 Å². The molecule has 82 heavy (non-hydrogen) atoms. The third-order valence-electron chi connectivity index (χ3n) is 10.8. The van der Waals surface area contributed by atoms with Crippen molar-refractivity contribution in [3.8, 4) is 17.6 Å². The minimum atomic E-state index is -5.85. The number of aryl methyl sites for hydroxylation is 2. The van der Waals surface area contributed by atoms with Crippen LogP contribution in [0.3, 0.4) is 0 Å². The van der Waals surface area contributed by atoms with Crippen LogP contribution in [0.4, 0.5) is 14.4 Å². The van der Waals surface area contributed by atoms with Gasteiger partial charge in [-0.1, -0.05) is 52.4 Å². The van der Waals surface area contributed by atoms with E-state index < -0.39 is 93.0 Å². The van der Waals surface area contributed by atoms with E-state index in [0.717, 1.165) is 26.4 Å². The standard InChI is InChI=1S/C44H57BF2N13O19P3/c1-28(10-11-29(2)19-35-30(3)20-31(4)60(35)45(46)47)12-13-38(61)52-15-16-53-43(63)32-7-5-9-34(21-32)74-26-40(56-58-50)73-18-17-72-25-39(62)51-14-6-8-33-23-59(44(64)55-42(33)48)41-22-36(75-27-54-57-49)37(77-41)24-76-81(68,69)79-82(70,71)78-80(65,66)67/h5,7,9-11,19-21,23,36-37,40-41H,1,12-18,22,24-27H2,2-4H3,(H,51,62)(H,52,61)(H,53,63)(H,68,69)(H,70,71)(H2,48,55,64)(H2,65,66,67)/b11-10-,29-19+/t36-,37-,40?,41-/m1/s1. The monoisotopic (exact) mass is 1210 g/mol. The fourth-order valence-corrected chi connectivity index (χ4v) is 10.2. The molecule has 1 fully saturated rings. The average Bonchev–Trinajstić information content (AvgIpc) is 3.94. The zero-order chi connectivity index (χ0) is 60.6. The number of nitrogens with one attached hydrogen (secondary N) is 3. The Morgan fingerprint density at radius 1 is 1.04 bits per heavy atom. The van der Waals surface area contributed by atoms with Crippen LogP contribution < -0.4 is 32.1 Å². The fourth-order valence-electron chi connectivity index (χ4n) is 7.13. The number of ether oxygens (including phenoxy) is 5. The SMILES string of the molecule is C=C(/C=C\C(C)=C\c1c(C)cc(C)n1B(F)F)CCC(=O)NCCNC(=O)c1cccc(OCC(N=[N+]=[N-])OCCOCC(=O)NCC#Cc2cn([C@H]3C[C@@H](OCN=[N+]=[N-])[C@@H](COP(=O)(O)OP(=O)(O)OP(=O)(O)O)O3)c(=O)nc2N)c1. The Labute approximate surface area is 465 Å². The van der Waals surface area contributed by atoms with Crippen molar-refractivity contribution < 1.29 is 93.1 Å². The molecule has 3 unspecified atom stereocenters. The molecule has 4 rings (SSSR count). The number of hydrogen-bond donors (Lipinski definition) is 8. The van der Waals surface area contributed by atoms with Crippen LogP contribution >= 0.6 is 23.5 Å². The number of amides is 3. The predicted octanol–water partition coefficient (Wildman–Crippen LogP) is 4.36. The Hall–Kier alpha value is -7.04. The summed E-state index contributed by atoms with van der Waals surface area (Å²) in [6, 6.07) is 7.79. The first-order valence-electron chi connectivity index (χ1n) is 23.9. The van der Waals surface area contributed by atoms with Crippen molar-refractivity contribution in [1.29, 1.82) is 0 Å². The van der Waals surface area contributed by atoms with Gasteiger partial charge in [-0.05, 0) is 79.7 Å². The molecule has 3 aromatic rings. The van der Waals surface area contributed by atoms with Crippen molar-refractivity contribution in [2.24, 2.45) is 10.2 Å². The molecule has 1 aliphatic rings. The second kappa shape index (κ2) is 32.6. The molecule has 32 nitrogen and oxygen atoms in total. The van der Waals surface area contributed by atoms with E-state index in [9.17, 15) is 51.3 Å². The van der Waals surface area contributed by atoms with Gasteiger partial charge in [0.2, 0.25) is 11.8 Å². The molecule has 3 heterocycles. The molecule has 38 heteroatoms. The van der Waals surface area contributed by atoms with Crippen LogP contribution in [-0.4, -0.2) is 137 Å². The number of azide groups is 2. The van der Waals surface area contributed by atoms with E-state index in [1.54, 1.807) is 57.2 Å². The lowest BCUT2D eigenvalue weighted by molar-refractivity contribution is -0.126. The Morgan fingerprint density at radius 3 is 2.49 bits per heavy atom. The van der Waals surface area contributed by atoms with Crippen LogP contribution in [0.15, 0.2) is 81.4 Å². The zero-order valence-electron chi connectivity index (χ0n) is 43.9. The van der Waals surface area contributed by atoms with E-state index >= 15 is 0 Å². The number of rotatable bonds is 33. The first-order chi connectivity index (χ1) is 38.7. The summed E-state index contributed by atoms with van der Waals surface area (Å²) in [4.78, 5) is 96.3. The average molecular weight is 1210 g/mol. The van der Waals surface area contributed by atoms with E-state index in [0.29, 0.717) is 23.4 Å². The van der Waals surface area contributed by atoms with E-state index in [-0.39, 0.29) is 80.9 Å². The van der Waals surface area contributed by atoms with Crippen LogP contribution in [0.1, 0.15) is 65.3 Å². The molecule has 0 bridgehead atoms. The number of phosphoric ester groups is 1. The van der Waals surface area contributed by atoms with Gasteiger partial charge in [0, 0.05) is 58.9 Å². The molecule has 0 radical (unpaired) electrons. The fraction of sp³-hybridized carbons (Fsp3) is 0.432. The normalized spacial score (nSPS) is 17.0. The molecule has 6 atom stereocenters. The van der Waals surface area contributed by atoms with Crippen molar-refractivity contribution in [3.05, 3.63) is 126 Å². The van der Waals surface area contributed by atoms with Crippen LogP contribution in [-0.2, 0) is 55.4 Å². The number of carbonyl (C=O) groups excluding carboxylic acids is 3. The molecule has 1 aliphatic heterocycles. The summed E-state index contributed by atoms with van der Waals surface area (Å²) in [5.74, 6) is 3.83. The lowest BCUT2D eigenvalue weighted by Gasteiger charge is -2.21. The first kappa shape index (κ1) is 67.5. The van der Waals surface area contributed by atoms with Gasteiger partial charge in [-0.3, -0.25) is 32.1 Å². The molecule has 9 N–H and O–H groups in total. The molecule has 0 saturated carbocycles. The number of hydrogen-bond acceptors (Lipinski definition) is 19. The molecular formula is C44H57BF2N13O19P3. The van der Waals surface area contributed by atoms with Crippen molar-refractivity contribution in [1.82, 2.24) is 30.0 Å². The van der Waals surface area contributed by atoms with Gasteiger partial charge in [-0.25, -0.2) is 18.5 Å². The number of carbonyl (C=O) groups is 3. The quantitative estimate of drug-likeness (QED) is 0.00614. The maximum Gasteiger partial charge on any atom is 0.677 e. The van der Waals surface area contributed by atoms with Crippen molar-refractivity contribution in [2.45, 2.75) is 64.7 Å². The number of halogens is 2. The van der Waals surface area contributed by atoms with Gasteiger partial charge < -0.3 is 69.4 Å². The molecule has 0 aliphatic carbocycles. The molecule has 1 saturated heterocycles. The zero-order valence-corrected chi connectivity index (χ0v) is 46.6. The molecule has 2 aromatic heterocycles. The Kier molecular flexibility index (Phi) is 26.8. The first-order valence-corrected chi connectivity index (χ1v) is 28.4. The van der Waals surface area contributed by atoms with Crippen LogP contribution in [0.25, 0.3) is 27.0 Å². The lowest BCUT2D eigenvalue weighted by Crippen LogP contribution is -2.34. The summed E-state index contributed by atoms with van der Waals surface area (Å²) in [7, 11) is -19.8.